The second-order valence-electron chi connectivity index (χ2n) is 6.29. The number of amides is 1. The van der Waals surface area contributed by atoms with Gasteiger partial charge in [0.1, 0.15) is 5.75 Å². The standard InChI is InChI=1S/C21H27NO2/c1-5-10-16-11-9-12-17(15-16)22-20(23)21(3,6-2)18-13-7-8-14-19(18)24-4/h7-9,11-15H,5-6,10H2,1-4H3,(H,22,23). The van der Waals surface area contributed by atoms with Crippen LogP contribution in [0, 0.1) is 0 Å². The van der Waals surface area contributed by atoms with E-state index in [4.69, 9.17) is 4.74 Å². The third-order valence-corrected chi connectivity index (χ3v) is 4.63. The highest BCUT2D eigenvalue weighted by molar-refractivity contribution is 5.99. The van der Waals surface area contributed by atoms with Crippen LogP contribution in [0.1, 0.15) is 44.7 Å². The van der Waals surface area contributed by atoms with Crippen LogP contribution in [0.3, 0.4) is 0 Å². The van der Waals surface area contributed by atoms with E-state index in [0.29, 0.717) is 6.42 Å². The SMILES string of the molecule is CCCc1cccc(NC(=O)C(C)(CC)c2ccccc2OC)c1. The molecule has 0 aliphatic rings. The molecule has 0 aromatic heterocycles. The van der Waals surface area contributed by atoms with Crippen molar-refractivity contribution in [3.05, 3.63) is 59.7 Å². The van der Waals surface area contributed by atoms with E-state index in [2.05, 4.69) is 24.4 Å². The van der Waals surface area contributed by atoms with Crippen LogP contribution in [0.5, 0.6) is 5.75 Å². The molecule has 0 fully saturated rings. The Morgan fingerprint density at radius 3 is 2.54 bits per heavy atom. The number of nitrogens with one attached hydrogen (secondary N) is 1. The largest absolute Gasteiger partial charge is 0.496 e. The van der Waals surface area contributed by atoms with Crippen molar-refractivity contribution in [3.63, 3.8) is 0 Å². The number of carbonyl (C=O) groups is 1. The van der Waals surface area contributed by atoms with Crippen LogP contribution in [0.15, 0.2) is 48.5 Å². The van der Waals surface area contributed by atoms with Crippen molar-refractivity contribution < 1.29 is 9.53 Å². The summed E-state index contributed by atoms with van der Waals surface area (Å²) in [5.74, 6) is 0.736. The molecule has 0 bridgehead atoms. The van der Waals surface area contributed by atoms with Crippen LogP contribution in [-0.2, 0) is 16.6 Å². The van der Waals surface area contributed by atoms with E-state index >= 15 is 0 Å². The van der Waals surface area contributed by atoms with E-state index in [9.17, 15) is 4.79 Å². The summed E-state index contributed by atoms with van der Waals surface area (Å²) in [5, 5.41) is 3.09. The maximum absolute atomic E-state index is 13.0. The Labute approximate surface area is 145 Å². The average molecular weight is 325 g/mol. The molecule has 0 saturated carbocycles. The minimum atomic E-state index is -0.645. The second kappa shape index (κ2) is 8.00. The van der Waals surface area contributed by atoms with E-state index in [-0.39, 0.29) is 5.91 Å². The maximum Gasteiger partial charge on any atom is 0.234 e. The first-order valence-electron chi connectivity index (χ1n) is 8.59. The first-order valence-corrected chi connectivity index (χ1v) is 8.59. The van der Waals surface area contributed by atoms with Crippen LogP contribution in [0.25, 0.3) is 0 Å². The fourth-order valence-corrected chi connectivity index (χ4v) is 2.94. The summed E-state index contributed by atoms with van der Waals surface area (Å²) >= 11 is 0. The number of carbonyl (C=O) groups excluding carboxylic acids is 1. The summed E-state index contributed by atoms with van der Waals surface area (Å²) in [6, 6.07) is 15.8. The molecule has 0 heterocycles. The van der Waals surface area contributed by atoms with Gasteiger partial charge in [-0.1, -0.05) is 50.6 Å². The Morgan fingerprint density at radius 1 is 1.12 bits per heavy atom. The summed E-state index contributed by atoms with van der Waals surface area (Å²) in [5.41, 5.74) is 2.36. The number of para-hydroxylation sites is 1. The number of aryl methyl sites for hydroxylation is 1. The number of hydrogen-bond donors (Lipinski definition) is 1. The number of rotatable bonds is 7. The highest BCUT2D eigenvalue weighted by Crippen LogP contribution is 2.35. The van der Waals surface area contributed by atoms with Gasteiger partial charge in [0.05, 0.1) is 12.5 Å². The lowest BCUT2D eigenvalue weighted by atomic mass is 9.78. The molecule has 2 rings (SSSR count). The van der Waals surface area contributed by atoms with Crippen LogP contribution in [0.4, 0.5) is 5.69 Å². The summed E-state index contributed by atoms with van der Waals surface area (Å²) in [7, 11) is 1.64. The van der Waals surface area contributed by atoms with Crippen molar-refractivity contribution in [3.8, 4) is 5.75 Å². The monoisotopic (exact) mass is 325 g/mol. The molecule has 1 unspecified atom stereocenters. The van der Waals surface area contributed by atoms with Gasteiger partial charge in [-0.3, -0.25) is 4.79 Å². The molecule has 0 saturated heterocycles. The van der Waals surface area contributed by atoms with Crippen LogP contribution < -0.4 is 10.1 Å². The van der Waals surface area contributed by atoms with E-state index in [1.54, 1.807) is 7.11 Å². The molecule has 128 valence electrons. The number of ether oxygens (including phenoxy) is 1. The summed E-state index contributed by atoms with van der Waals surface area (Å²) < 4.78 is 5.46. The highest BCUT2D eigenvalue weighted by atomic mass is 16.5. The lowest BCUT2D eigenvalue weighted by Gasteiger charge is -2.29. The molecule has 0 radical (unpaired) electrons. The Balaban J connectivity index is 2.29. The van der Waals surface area contributed by atoms with Gasteiger partial charge in [0.2, 0.25) is 5.91 Å². The van der Waals surface area contributed by atoms with E-state index in [1.807, 2.05) is 50.2 Å². The Bertz CT molecular complexity index is 696. The second-order valence-corrected chi connectivity index (χ2v) is 6.29. The fraction of sp³-hybridized carbons (Fsp3) is 0.381. The van der Waals surface area contributed by atoms with Crippen molar-refractivity contribution in [2.75, 3.05) is 12.4 Å². The van der Waals surface area contributed by atoms with Crippen LogP contribution >= 0.6 is 0 Å². The highest BCUT2D eigenvalue weighted by Gasteiger charge is 2.35. The molecule has 2 aromatic rings. The minimum Gasteiger partial charge on any atom is -0.496 e. The molecule has 24 heavy (non-hydrogen) atoms. The van der Waals surface area contributed by atoms with Gasteiger partial charge in [0.15, 0.2) is 0 Å². The van der Waals surface area contributed by atoms with Gasteiger partial charge in [-0.05, 0) is 43.5 Å². The van der Waals surface area contributed by atoms with Crippen LogP contribution in [0.2, 0.25) is 0 Å². The van der Waals surface area contributed by atoms with Gasteiger partial charge < -0.3 is 10.1 Å². The lowest BCUT2D eigenvalue weighted by molar-refractivity contribution is -0.121. The van der Waals surface area contributed by atoms with Crippen molar-refractivity contribution in [2.45, 2.75) is 45.4 Å². The van der Waals surface area contributed by atoms with Gasteiger partial charge in [-0.2, -0.15) is 0 Å². The topological polar surface area (TPSA) is 38.3 Å². The van der Waals surface area contributed by atoms with Gasteiger partial charge >= 0.3 is 0 Å². The molecule has 3 heteroatoms. The summed E-state index contributed by atoms with van der Waals surface area (Å²) in [6.07, 6.45) is 2.79. The Morgan fingerprint density at radius 2 is 1.88 bits per heavy atom. The van der Waals surface area contributed by atoms with Crippen molar-refractivity contribution >= 4 is 11.6 Å². The molecular weight excluding hydrogens is 298 g/mol. The van der Waals surface area contributed by atoms with Gasteiger partial charge in [0.25, 0.3) is 0 Å². The first kappa shape index (κ1) is 18.1. The zero-order valence-electron chi connectivity index (χ0n) is 15.1. The Hall–Kier alpha value is -2.29. The minimum absolute atomic E-state index is 0.0110. The molecule has 1 atom stereocenters. The van der Waals surface area contributed by atoms with Gasteiger partial charge in [-0.15, -0.1) is 0 Å². The number of methoxy groups -OCH3 is 1. The van der Waals surface area contributed by atoms with Crippen molar-refractivity contribution in [1.82, 2.24) is 0 Å². The van der Waals surface area contributed by atoms with Gasteiger partial charge in [-0.25, -0.2) is 0 Å². The maximum atomic E-state index is 13.0. The fourth-order valence-electron chi connectivity index (χ4n) is 2.94. The molecule has 0 spiro atoms. The lowest BCUT2D eigenvalue weighted by Crippen LogP contribution is -2.37. The third-order valence-electron chi connectivity index (χ3n) is 4.63. The molecule has 1 N–H and O–H groups in total. The summed E-state index contributed by atoms with van der Waals surface area (Å²) in [4.78, 5) is 13.0. The van der Waals surface area contributed by atoms with Gasteiger partial charge in [0, 0.05) is 11.3 Å². The number of anilines is 1. The van der Waals surface area contributed by atoms with E-state index < -0.39 is 5.41 Å². The van der Waals surface area contributed by atoms with Crippen molar-refractivity contribution in [1.29, 1.82) is 0 Å². The number of hydrogen-bond acceptors (Lipinski definition) is 2. The normalized spacial score (nSPS) is 13.2. The smallest absolute Gasteiger partial charge is 0.234 e. The molecule has 0 aliphatic heterocycles. The molecule has 1 amide bonds. The van der Waals surface area contributed by atoms with Crippen LogP contribution in [-0.4, -0.2) is 13.0 Å². The van der Waals surface area contributed by atoms with E-state index in [0.717, 1.165) is 29.8 Å². The summed E-state index contributed by atoms with van der Waals surface area (Å²) in [6.45, 7) is 6.15. The zero-order chi connectivity index (χ0) is 17.6. The predicted molar refractivity (Wildman–Crippen MR) is 99.7 cm³/mol. The molecule has 2 aromatic carbocycles. The number of benzene rings is 2. The Kier molecular flexibility index (Phi) is 6.02. The average Bonchev–Trinajstić information content (AvgIpc) is 2.61. The zero-order valence-corrected chi connectivity index (χ0v) is 15.1. The molecule has 3 nitrogen and oxygen atoms in total. The molecular formula is C21H27NO2. The van der Waals surface area contributed by atoms with Crippen molar-refractivity contribution in [2.24, 2.45) is 0 Å². The third kappa shape index (κ3) is 3.78. The quantitative estimate of drug-likeness (QED) is 0.782. The van der Waals surface area contributed by atoms with E-state index in [1.165, 1.54) is 5.56 Å². The molecule has 0 aliphatic carbocycles. The predicted octanol–water partition coefficient (Wildman–Crippen LogP) is 4.95. The first-order chi connectivity index (χ1) is 11.5.